The van der Waals surface area contributed by atoms with Crippen molar-refractivity contribution < 1.29 is 9.90 Å². The van der Waals surface area contributed by atoms with Crippen LogP contribution in [0.4, 0.5) is 10.5 Å². The molecule has 0 saturated heterocycles. The van der Waals surface area contributed by atoms with E-state index in [2.05, 4.69) is 16.7 Å². The molecule has 2 amide bonds. The van der Waals surface area contributed by atoms with E-state index in [-0.39, 0.29) is 6.54 Å². The lowest BCUT2D eigenvalue weighted by Gasteiger charge is -2.15. The van der Waals surface area contributed by atoms with Crippen molar-refractivity contribution in [1.29, 1.82) is 5.26 Å². The summed E-state index contributed by atoms with van der Waals surface area (Å²) in [6.45, 7) is 2.01. The Morgan fingerprint density at radius 2 is 1.70 bits per heavy atom. The molecule has 33 heavy (non-hydrogen) atoms. The molecule has 1 atom stereocenters. The van der Waals surface area contributed by atoms with E-state index in [1.807, 2.05) is 67.6 Å². The van der Waals surface area contributed by atoms with Gasteiger partial charge in [-0.1, -0.05) is 67.6 Å². The highest BCUT2D eigenvalue weighted by Gasteiger charge is 2.18. The van der Waals surface area contributed by atoms with Crippen LogP contribution in [-0.4, -0.2) is 28.8 Å². The summed E-state index contributed by atoms with van der Waals surface area (Å²) in [6, 6.07) is 26.8. The number of carbonyl (C=O) groups is 1. The number of aliphatic hydroxyl groups is 1. The first-order chi connectivity index (χ1) is 16.1. The summed E-state index contributed by atoms with van der Waals surface area (Å²) in [5.41, 5.74) is 5.00. The van der Waals surface area contributed by atoms with Crippen molar-refractivity contribution in [2.45, 2.75) is 19.4 Å². The number of carbonyl (C=O) groups excluding carboxylic acids is 1. The number of benzene rings is 3. The molecule has 0 radical (unpaired) electrons. The van der Waals surface area contributed by atoms with Crippen LogP contribution in [0.1, 0.15) is 18.9 Å². The number of rotatable bonds is 6. The summed E-state index contributed by atoms with van der Waals surface area (Å²) in [5, 5.41) is 25.9. The number of urea groups is 1. The summed E-state index contributed by atoms with van der Waals surface area (Å²) in [5.74, 6) is 0. The zero-order chi connectivity index (χ0) is 23.2. The van der Waals surface area contributed by atoms with E-state index in [9.17, 15) is 15.2 Å². The molecule has 0 saturated carbocycles. The predicted octanol–water partition coefficient (Wildman–Crippen LogP) is 5.33. The molecule has 0 aliphatic rings. The predicted molar refractivity (Wildman–Crippen MR) is 131 cm³/mol. The first-order valence-electron chi connectivity index (χ1n) is 10.8. The first kappa shape index (κ1) is 22.0. The van der Waals surface area contributed by atoms with Crippen molar-refractivity contribution in [3.63, 3.8) is 0 Å². The monoisotopic (exact) mass is 436 g/mol. The molecular formula is C27H24N4O2. The van der Waals surface area contributed by atoms with E-state index in [4.69, 9.17) is 4.98 Å². The van der Waals surface area contributed by atoms with Crippen LogP contribution in [0.15, 0.2) is 78.9 Å². The highest BCUT2D eigenvalue weighted by Crippen LogP contribution is 2.37. The third-order valence-corrected chi connectivity index (χ3v) is 5.43. The summed E-state index contributed by atoms with van der Waals surface area (Å²) in [4.78, 5) is 17.1. The van der Waals surface area contributed by atoms with Crippen LogP contribution in [-0.2, 0) is 0 Å². The Kier molecular flexibility index (Phi) is 6.63. The fourth-order valence-corrected chi connectivity index (χ4v) is 3.68. The minimum absolute atomic E-state index is 0.166. The number of aliphatic hydroxyl groups excluding tert-OH is 1. The van der Waals surface area contributed by atoms with Crippen molar-refractivity contribution in [2.75, 3.05) is 11.9 Å². The van der Waals surface area contributed by atoms with Gasteiger partial charge in [0, 0.05) is 28.7 Å². The Morgan fingerprint density at radius 3 is 2.33 bits per heavy atom. The molecule has 0 spiro atoms. The molecule has 0 aliphatic heterocycles. The highest BCUT2D eigenvalue weighted by atomic mass is 16.3. The van der Waals surface area contributed by atoms with Gasteiger partial charge in [0.1, 0.15) is 6.07 Å². The van der Waals surface area contributed by atoms with Gasteiger partial charge in [-0.15, -0.1) is 0 Å². The maximum atomic E-state index is 12.2. The van der Waals surface area contributed by atoms with Crippen LogP contribution in [0, 0.1) is 11.3 Å². The largest absolute Gasteiger partial charge is 0.391 e. The molecular weight excluding hydrogens is 412 g/mol. The van der Waals surface area contributed by atoms with Crippen LogP contribution in [0.5, 0.6) is 0 Å². The molecule has 6 heteroatoms. The highest BCUT2D eigenvalue weighted by molar-refractivity contribution is 6.00. The molecule has 164 valence electrons. The van der Waals surface area contributed by atoms with Gasteiger partial charge in [0.2, 0.25) is 0 Å². The van der Waals surface area contributed by atoms with Crippen molar-refractivity contribution in [2.24, 2.45) is 0 Å². The molecule has 0 bridgehead atoms. The molecule has 3 N–H and O–H groups in total. The Balaban J connectivity index is 1.82. The van der Waals surface area contributed by atoms with Crippen molar-refractivity contribution >= 4 is 22.6 Å². The quantitative estimate of drug-likeness (QED) is 0.380. The molecule has 1 aromatic heterocycles. The number of pyridine rings is 1. The Morgan fingerprint density at radius 1 is 1.03 bits per heavy atom. The van der Waals surface area contributed by atoms with Crippen LogP contribution in [0.25, 0.3) is 33.3 Å². The average Bonchev–Trinajstić information content (AvgIpc) is 2.87. The van der Waals surface area contributed by atoms with Crippen LogP contribution in [0.3, 0.4) is 0 Å². The summed E-state index contributed by atoms with van der Waals surface area (Å²) >= 11 is 0. The lowest BCUT2D eigenvalue weighted by molar-refractivity contribution is 0.168. The van der Waals surface area contributed by atoms with Gasteiger partial charge in [-0.25, -0.2) is 9.78 Å². The van der Waals surface area contributed by atoms with Crippen LogP contribution < -0.4 is 10.6 Å². The molecule has 0 fully saturated rings. The lowest BCUT2D eigenvalue weighted by Crippen LogP contribution is -2.34. The second-order valence-corrected chi connectivity index (χ2v) is 7.68. The van der Waals surface area contributed by atoms with Crippen LogP contribution >= 0.6 is 0 Å². The fourth-order valence-electron chi connectivity index (χ4n) is 3.68. The van der Waals surface area contributed by atoms with Crippen LogP contribution in [0.2, 0.25) is 0 Å². The summed E-state index contributed by atoms with van der Waals surface area (Å²) in [7, 11) is 0. The molecule has 0 aliphatic carbocycles. The number of aromatic nitrogens is 1. The third kappa shape index (κ3) is 4.84. The smallest absolute Gasteiger partial charge is 0.319 e. The molecule has 4 rings (SSSR count). The zero-order valence-electron chi connectivity index (χ0n) is 18.2. The van der Waals surface area contributed by atoms with E-state index < -0.39 is 12.1 Å². The van der Waals surface area contributed by atoms with Gasteiger partial charge in [-0.2, -0.15) is 5.26 Å². The van der Waals surface area contributed by atoms with Gasteiger partial charge >= 0.3 is 6.03 Å². The zero-order valence-corrected chi connectivity index (χ0v) is 18.2. The molecule has 1 unspecified atom stereocenters. The third-order valence-electron chi connectivity index (χ3n) is 5.43. The van der Waals surface area contributed by atoms with E-state index >= 15 is 0 Å². The topological polar surface area (TPSA) is 98.0 Å². The maximum absolute atomic E-state index is 12.2. The fraction of sp³-hybridized carbons (Fsp3) is 0.148. The minimum atomic E-state index is -0.591. The molecule has 1 heterocycles. The van der Waals surface area contributed by atoms with Gasteiger partial charge in [0.25, 0.3) is 0 Å². The number of nitrogens with one attached hydrogen (secondary N) is 2. The normalized spacial score (nSPS) is 11.5. The van der Waals surface area contributed by atoms with Gasteiger partial charge in [-0.3, -0.25) is 0 Å². The van der Waals surface area contributed by atoms with Crippen molar-refractivity contribution in [3.8, 4) is 28.5 Å². The second kappa shape index (κ2) is 9.94. The number of hydrogen-bond acceptors (Lipinski definition) is 4. The Labute approximate surface area is 192 Å². The van der Waals surface area contributed by atoms with Gasteiger partial charge in [-0.05, 0) is 30.2 Å². The molecule has 3 aromatic carbocycles. The summed E-state index contributed by atoms with van der Waals surface area (Å²) < 4.78 is 0. The number of anilines is 1. The lowest BCUT2D eigenvalue weighted by atomic mass is 9.92. The van der Waals surface area contributed by atoms with Gasteiger partial charge in [0.15, 0.2) is 0 Å². The van der Waals surface area contributed by atoms with Crippen molar-refractivity contribution in [3.05, 3.63) is 84.4 Å². The Hall–Kier alpha value is -4.21. The standard InChI is InChI=1S/C27H24N4O2/c1-2-21(32)17-29-27(33)30-20-13-14-24-22(15-20)23(16-28)25(18-9-5-3-6-10-18)26(31-24)19-11-7-4-8-12-19/h3-15,21,32H,2,17H2,1H3,(H2,29,30,33). The van der Waals surface area contributed by atoms with E-state index in [1.54, 1.807) is 18.2 Å². The SMILES string of the molecule is CCC(O)CNC(=O)Nc1ccc2nc(-c3ccccc3)c(-c3ccccc3)c(C#N)c2c1. The van der Waals surface area contributed by atoms with Gasteiger partial charge < -0.3 is 15.7 Å². The summed E-state index contributed by atoms with van der Waals surface area (Å²) in [6.07, 6.45) is -0.0361. The number of hydrogen-bond donors (Lipinski definition) is 3. The number of fused-ring (bicyclic) bond motifs is 1. The second-order valence-electron chi connectivity index (χ2n) is 7.68. The number of amides is 2. The minimum Gasteiger partial charge on any atom is -0.391 e. The Bertz CT molecular complexity index is 1320. The number of nitriles is 1. The molecule has 4 aromatic rings. The average molecular weight is 437 g/mol. The maximum Gasteiger partial charge on any atom is 0.319 e. The first-order valence-corrected chi connectivity index (χ1v) is 10.8. The van der Waals surface area contributed by atoms with E-state index in [0.29, 0.717) is 28.6 Å². The van der Waals surface area contributed by atoms with Gasteiger partial charge in [0.05, 0.1) is 22.9 Å². The van der Waals surface area contributed by atoms with E-state index in [0.717, 1.165) is 22.4 Å². The van der Waals surface area contributed by atoms with Crippen molar-refractivity contribution in [1.82, 2.24) is 10.3 Å². The molecule has 6 nitrogen and oxygen atoms in total. The number of nitrogens with zero attached hydrogens (tertiary/aromatic N) is 2. The van der Waals surface area contributed by atoms with E-state index in [1.165, 1.54) is 0 Å².